The van der Waals surface area contributed by atoms with Crippen LogP contribution in [0.4, 0.5) is 0 Å². The fraction of sp³-hybridized carbons (Fsp3) is 0.500. The van der Waals surface area contributed by atoms with Crippen molar-refractivity contribution >= 4 is 30.0 Å². The van der Waals surface area contributed by atoms with Gasteiger partial charge in [-0.15, -0.1) is 12.4 Å². The van der Waals surface area contributed by atoms with Gasteiger partial charge in [-0.2, -0.15) is 0 Å². The van der Waals surface area contributed by atoms with E-state index in [4.69, 9.17) is 26.8 Å². The highest BCUT2D eigenvalue weighted by molar-refractivity contribution is 6.31. The van der Waals surface area contributed by atoms with Crippen molar-refractivity contribution in [1.29, 1.82) is 0 Å². The van der Waals surface area contributed by atoms with Gasteiger partial charge in [-0.1, -0.05) is 11.6 Å². The zero-order chi connectivity index (χ0) is 14.5. The maximum Gasteiger partial charge on any atom is 0.337 e. The third-order valence-electron chi connectivity index (χ3n) is 3.35. The number of morpholine rings is 1. The maximum absolute atomic E-state index is 11.6. The van der Waals surface area contributed by atoms with Gasteiger partial charge in [0.25, 0.3) is 0 Å². The molecule has 0 amide bonds. The van der Waals surface area contributed by atoms with Crippen molar-refractivity contribution in [2.75, 3.05) is 33.4 Å². The molecule has 2 N–H and O–H groups in total. The molecule has 1 aromatic carbocycles. The number of hydrogen-bond donors (Lipinski definition) is 1. The zero-order valence-electron chi connectivity index (χ0n) is 11.9. The molecule has 0 bridgehead atoms. The zero-order valence-corrected chi connectivity index (χ0v) is 13.5. The minimum absolute atomic E-state index is 0. The van der Waals surface area contributed by atoms with E-state index in [2.05, 4.69) is 4.90 Å². The molecular weight excluding hydrogens is 315 g/mol. The van der Waals surface area contributed by atoms with Gasteiger partial charge < -0.3 is 15.2 Å². The Bertz CT molecular complexity index is 485. The van der Waals surface area contributed by atoms with Gasteiger partial charge in [0.2, 0.25) is 0 Å². The average molecular weight is 335 g/mol. The molecule has 1 fully saturated rings. The monoisotopic (exact) mass is 334 g/mol. The number of nitrogens with zero attached hydrogens (tertiary/aromatic N) is 1. The van der Waals surface area contributed by atoms with Crippen LogP contribution in [0.2, 0.25) is 5.02 Å². The summed E-state index contributed by atoms with van der Waals surface area (Å²) >= 11 is 6.20. The maximum atomic E-state index is 11.6. The van der Waals surface area contributed by atoms with E-state index in [0.29, 0.717) is 30.3 Å². The van der Waals surface area contributed by atoms with Crippen LogP contribution >= 0.6 is 24.0 Å². The molecule has 0 spiro atoms. The molecule has 0 aromatic heterocycles. The van der Waals surface area contributed by atoms with Gasteiger partial charge >= 0.3 is 5.97 Å². The Morgan fingerprint density at radius 2 is 2.33 bits per heavy atom. The van der Waals surface area contributed by atoms with Crippen molar-refractivity contribution in [2.45, 2.75) is 12.6 Å². The van der Waals surface area contributed by atoms with Crippen molar-refractivity contribution in [3.63, 3.8) is 0 Å². The van der Waals surface area contributed by atoms with E-state index in [1.165, 1.54) is 7.11 Å². The summed E-state index contributed by atoms with van der Waals surface area (Å²) < 4.78 is 10.3. The second kappa shape index (κ2) is 8.56. The summed E-state index contributed by atoms with van der Waals surface area (Å²) in [5.74, 6) is -0.357. The Labute approximate surface area is 135 Å². The minimum atomic E-state index is -0.357. The fourth-order valence-electron chi connectivity index (χ4n) is 2.25. The molecule has 0 radical (unpaired) electrons. The Morgan fingerprint density at radius 3 is 3.00 bits per heavy atom. The molecule has 21 heavy (non-hydrogen) atoms. The van der Waals surface area contributed by atoms with Crippen molar-refractivity contribution in [2.24, 2.45) is 5.73 Å². The van der Waals surface area contributed by atoms with Crippen LogP contribution < -0.4 is 5.73 Å². The van der Waals surface area contributed by atoms with Crippen LogP contribution in [-0.2, 0) is 16.0 Å². The number of carbonyl (C=O) groups is 1. The van der Waals surface area contributed by atoms with Crippen LogP contribution in [0.25, 0.3) is 0 Å². The summed E-state index contributed by atoms with van der Waals surface area (Å²) in [5, 5.41) is 0.647. The summed E-state index contributed by atoms with van der Waals surface area (Å²) in [5.41, 5.74) is 7.05. The van der Waals surface area contributed by atoms with E-state index >= 15 is 0 Å². The lowest BCUT2D eigenvalue weighted by Crippen LogP contribution is -2.45. The highest BCUT2D eigenvalue weighted by atomic mass is 35.5. The lowest BCUT2D eigenvalue weighted by atomic mass is 10.1. The molecule has 1 saturated heterocycles. The third kappa shape index (κ3) is 4.83. The van der Waals surface area contributed by atoms with Crippen LogP contribution in [0.3, 0.4) is 0 Å². The molecule has 1 aromatic rings. The summed E-state index contributed by atoms with van der Waals surface area (Å²) in [4.78, 5) is 13.8. The van der Waals surface area contributed by atoms with Gasteiger partial charge in [-0.3, -0.25) is 4.90 Å². The van der Waals surface area contributed by atoms with Gasteiger partial charge in [0.15, 0.2) is 0 Å². The van der Waals surface area contributed by atoms with E-state index in [9.17, 15) is 4.79 Å². The van der Waals surface area contributed by atoms with Crippen LogP contribution in [0.1, 0.15) is 15.9 Å². The highest BCUT2D eigenvalue weighted by Crippen LogP contribution is 2.21. The van der Waals surface area contributed by atoms with Crippen molar-refractivity contribution in [1.82, 2.24) is 4.90 Å². The number of benzene rings is 1. The first-order chi connectivity index (χ1) is 9.63. The molecule has 2 rings (SSSR count). The lowest BCUT2D eigenvalue weighted by molar-refractivity contribution is -0.0260. The first-order valence-electron chi connectivity index (χ1n) is 6.54. The number of rotatable bonds is 4. The van der Waals surface area contributed by atoms with Crippen LogP contribution in [0.5, 0.6) is 0 Å². The SMILES string of the molecule is COC(=O)c1ccc(Cl)c(CN2CCOC(CN)C2)c1.Cl. The smallest absolute Gasteiger partial charge is 0.337 e. The number of methoxy groups -OCH3 is 1. The molecule has 1 unspecified atom stereocenters. The Balaban J connectivity index is 0.00000220. The molecule has 1 heterocycles. The van der Waals surface area contributed by atoms with E-state index in [-0.39, 0.29) is 24.5 Å². The Morgan fingerprint density at radius 1 is 1.57 bits per heavy atom. The Hall–Kier alpha value is -0.850. The van der Waals surface area contributed by atoms with E-state index in [1.807, 2.05) is 0 Å². The van der Waals surface area contributed by atoms with Gasteiger partial charge in [0.05, 0.1) is 25.4 Å². The van der Waals surface area contributed by atoms with Crippen LogP contribution in [0, 0.1) is 0 Å². The molecule has 1 aliphatic heterocycles. The van der Waals surface area contributed by atoms with E-state index in [1.54, 1.807) is 18.2 Å². The summed E-state index contributed by atoms with van der Waals surface area (Å²) in [6.07, 6.45) is 0.0614. The number of esters is 1. The quantitative estimate of drug-likeness (QED) is 0.849. The van der Waals surface area contributed by atoms with Gasteiger partial charge in [0, 0.05) is 31.2 Å². The van der Waals surface area contributed by atoms with Crippen LogP contribution in [0.15, 0.2) is 18.2 Å². The number of hydrogen-bond acceptors (Lipinski definition) is 5. The number of nitrogens with two attached hydrogens (primary N) is 1. The number of ether oxygens (including phenoxy) is 2. The summed E-state index contributed by atoms with van der Waals surface area (Å²) in [6, 6.07) is 5.17. The molecule has 5 nitrogen and oxygen atoms in total. The number of carbonyl (C=O) groups excluding carboxylic acids is 1. The summed E-state index contributed by atoms with van der Waals surface area (Å²) in [6.45, 7) is 3.44. The number of halogens is 2. The highest BCUT2D eigenvalue weighted by Gasteiger charge is 2.20. The molecule has 1 atom stereocenters. The average Bonchev–Trinajstić information content (AvgIpc) is 2.49. The third-order valence-corrected chi connectivity index (χ3v) is 3.72. The second-order valence-corrected chi connectivity index (χ2v) is 5.17. The first kappa shape index (κ1) is 18.2. The topological polar surface area (TPSA) is 64.8 Å². The molecule has 0 aliphatic carbocycles. The van der Waals surface area contributed by atoms with Crippen LogP contribution in [-0.4, -0.2) is 50.3 Å². The summed E-state index contributed by atoms with van der Waals surface area (Å²) in [7, 11) is 1.37. The predicted molar refractivity (Wildman–Crippen MR) is 84.1 cm³/mol. The Kier molecular flexibility index (Phi) is 7.42. The van der Waals surface area contributed by atoms with Crippen molar-refractivity contribution < 1.29 is 14.3 Å². The van der Waals surface area contributed by atoms with E-state index < -0.39 is 0 Å². The van der Waals surface area contributed by atoms with Crippen molar-refractivity contribution in [3.8, 4) is 0 Å². The minimum Gasteiger partial charge on any atom is -0.465 e. The first-order valence-corrected chi connectivity index (χ1v) is 6.92. The van der Waals surface area contributed by atoms with E-state index in [0.717, 1.165) is 18.7 Å². The second-order valence-electron chi connectivity index (χ2n) is 4.76. The normalized spacial score (nSPS) is 18.9. The molecular formula is C14H20Cl2N2O3. The molecule has 7 heteroatoms. The van der Waals surface area contributed by atoms with Crippen molar-refractivity contribution in [3.05, 3.63) is 34.3 Å². The molecule has 1 aliphatic rings. The largest absolute Gasteiger partial charge is 0.465 e. The van der Waals surface area contributed by atoms with Gasteiger partial charge in [-0.25, -0.2) is 4.79 Å². The molecule has 118 valence electrons. The predicted octanol–water partition coefficient (Wildman–Crippen LogP) is 1.71. The van der Waals surface area contributed by atoms with Gasteiger partial charge in [-0.05, 0) is 23.8 Å². The van der Waals surface area contributed by atoms with Gasteiger partial charge in [0.1, 0.15) is 0 Å². The molecule has 0 saturated carbocycles. The lowest BCUT2D eigenvalue weighted by Gasteiger charge is -2.32. The standard InChI is InChI=1S/C14H19ClN2O3.ClH/c1-19-14(18)10-2-3-13(15)11(6-10)8-17-4-5-20-12(7-16)9-17;/h2-3,6,12H,4-5,7-9,16H2,1H3;1H. The fourth-order valence-corrected chi connectivity index (χ4v) is 2.43.